The highest BCUT2D eigenvalue weighted by Gasteiger charge is 2.13. The molecule has 1 aromatic rings. The fourth-order valence-electron chi connectivity index (χ4n) is 2.12. The summed E-state index contributed by atoms with van der Waals surface area (Å²) in [6, 6.07) is 8.91. The van der Waals surface area contributed by atoms with Crippen LogP contribution >= 0.6 is 0 Å². The minimum atomic E-state index is 0.644. The van der Waals surface area contributed by atoms with Gasteiger partial charge in [0, 0.05) is 0 Å². The van der Waals surface area contributed by atoms with Crippen LogP contribution in [0.1, 0.15) is 44.7 Å². The van der Waals surface area contributed by atoms with Crippen molar-refractivity contribution in [3.05, 3.63) is 47.5 Å². The Hall–Kier alpha value is -1.04. The third kappa shape index (κ3) is 4.38. The van der Waals surface area contributed by atoms with E-state index in [-0.39, 0.29) is 0 Å². The summed E-state index contributed by atoms with van der Waals surface area (Å²) in [7, 11) is 0. The normalized spacial score (nSPS) is 14.4. The monoisotopic (exact) mass is 230 g/mol. The Morgan fingerprint density at radius 2 is 1.76 bits per heavy atom. The third-order valence-corrected chi connectivity index (χ3v) is 3.96. The molecule has 0 amide bonds. The highest BCUT2D eigenvalue weighted by molar-refractivity contribution is 5.21. The summed E-state index contributed by atoms with van der Waals surface area (Å²) < 4.78 is 0. The van der Waals surface area contributed by atoms with Gasteiger partial charge >= 0.3 is 0 Å². The van der Waals surface area contributed by atoms with Crippen molar-refractivity contribution in [2.45, 2.75) is 47.0 Å². The van der Waals surface area contributed by atoms with E-state index >= 15 is 0 Å². The fraction of sp³-hybridized carbons (Fsp3) is 0.529. The number of rotatable bonds is 6. The summed E-state index contributed by atoms with van der Waals surface area (Å²) in [5.74, 6) is 1.37. The quantitative estimate of drug-likeness (QED) is 0.592. The molecule has 0 radical (unpaired) electrons. The van der Waals surface area contributed by atoms with E-state index in [2.05, 4.69) is 58.5 Å². The molecular formula is C17H26. The average Bonchev–Trinajstić information content (AvgIpc) is 2.35. The number of allylic oxidation sites excluding steroid dienone is 1. The Bertz CT molecular complexity index is 345. The Labute approximate surface area is 107 Å². The molecule has 2 unspecified atom stereocenters. The first-order chi connectivity index (χ1) is 8.04. The lowest BCUT2D eigenvalue weighted by atomic mass is 9.84. The summed E-state index contributed by atoms with van der Waals surface area (Å²) in [6.07, 6.45) is 3.54. The maximum atomic E-state index is 4.16. The molecule has 0 aliphatic carbocycles. The van der Waals surface area contributed by atoms with Crippen molar-refractivity contribution < 1.29 is 0 Å². The minimum Gasteiger partial charge on any atom is -0.0996 e. The van der Waals surface area contributed by atoms with Gasteiger partial charge in [-0.2, -0.15) is 0 Å². The molecule has 2 atom stereocenters. The van der Waals surface area contributed by atoms with E-state index in [1.54, 1.807) is 0 Å². The first kappa shape index (κ1) is 14.0. The predicted molar refractivity (Wildman–Crippen MR) is 77.3 cm³/mol. The molecule has 0 spiro atoms. The predicted octanol–water partition coefficient (Wildman–Crippen LogP) is 5.17. The van der Waals surface area contributed by atoms with E-state index in [1.807, 2.05) is 0 Å². The maximum absolute atomic E-state index is 4.16. The van der Waals surface area contributed by atoms with Crippen molar-refractivity contribution in [2.75, 3.05) is 0 Å². The van der Waals surface area contributed by atoms with Gasteiger partial charge in [0.2, 0.25) is 0 Å². The lowest BCUT2D eigenvalue weighted by Crippen LogP contribution is -2.11. The van der Waals surface area contributed by atoms with E-state index in [9.17, 15) is 0 Å². The molecular weight excluding hydrogens is 204 g/mol. The van der Waals surface area contributed by atoms with Crippen LogP contribution in [-0.4, -0.2) is 0 Å². The van der Waals surface area contributed by atoms with E-state index in [0.717, 1.165) is 12.3 Å². The van der Waals surface area contributed by atoms with Crippen LogP contribution in [0, 0.1) is 18.8 Å². The summed E-state index contributed by atoms with van der Waals surface area (Å²) in [5.41, 5.74) is 4.19. The average molecular weight is 230 g/mol. The second-order valence-corrected chi connectivity index (χ2v) is 5.30. The first-order valence-corrected chi connectivity index (χ1v) is 6.77. The molecule has 0 aliphatic rings. The topological polar surface area (TPSA) is 0 Å². The Kier molecular flexibility index (Phi) is 5.47. The van der Waals surface area contributed by atoms with Crippen molar-refractivity contribution in [3.63, 3.8) is 0 Å². The van der Waals surface area contributed by atoms with E-state index < -0.39 is 0 Å². The summed E-state index contributed by atoms with van der Waals surface area (Å²) in [5, 5.41) is 0. The van der Waals surface area contributed by atoms with Crippen LogP contribution in [-0.2, 0) is 6.42 Å². The smallest absolute Gasteiger partial charge is 0.0209 e. The SMILES string of the molecule is C=C(CC)C(C)C(C)CCc1ccc(C)cc1. The minimum absolute atomic E-state index is 0.644. The zero-order valence-electron chi connectivity index (χ0n) is 11.8. The van der Waals surface area contributed by atoms with Crippen molar-refractivity contribution in [2.24, 2.45) is 11.8 Å². The molecule has 1 aromatic carbocycles. The van der Waals surface area contributed by atoms with Gasteiger partial charge in [-0.1, -0.05) is 62.8 Å². The summed E-state index contributed by atoms with van der Waals surface area (Å²) in [6.45, 7) is 13.2. The van der Waals surface area contributed by atoms with Crippen LogP contribution in [0.25, 0.3) is 0 Å². The van der Waals surface area contributed by atoms with E-state index in [0.29, 0.717) is 5.92 Å². The molecule has 0 nitrogen and oxygen atoms in total. The van der Waals surface area contributed by atoms with Crippen molar-refractivity contribution in [3.8, 4) is 0 Å². The van der Waals surface area contributed by atoms with Crippen molar-refractivity contribution in [1.82, 2.24) is 0 Å². The van der Waals surface area contributed by atoms with Crippen molar-refractivity contribution in [1.29, 1.82) is 0 Å². The van der Waals surface area contributed by atoms with Crippen LogP contribution in [0.3, 0.4) is 0 Å². The van der Waals surface area contributed by atoms with Gasteiger partial charge in [0.15, 0.2) is 0 Å². The summed E-state index contributed by atoms with van der Waals surface area (Å²) >= 11 is 0. The highest BCUT2D eigenvalue weighted by Crippen LogP contribution is 2.25. The second-order valence-electron chi connectivity index (χ2n) is 5.30. The van der Waals surface area contributed by atoms with Gasteiger partial charge in [-0.05, 0) is 43.6 Å². The van der Waals surface area contributed by atoms with Crippen LogP contribution in [0.5, 0.6) is 0 Å². The standard InChI is InChI=1S/C17H26/c1-6-14(3)16(5)15(4)9-12-17-10-7-13(2)8-11-17/h7-8,10-11,15-16H,3,6,9,12H2,1-2,4-5H3. The third-order valence-electron chi connectivity index (χ3n) is 3.96. The van der Waals surface area contributed by atoms with Gasteiger partial charge in [-0.15, -0.1) is 0 Å². The molecule has 0 heterocycles. The largest absolute Gasteiger partial charge is 0.0996 e. The van der Waals surface area contributed by atoms with Gasteiger partial charge in [0.1, 0.15) is 0 Å². The number of aryl methyl sites for hydroxylation is 2. The summed E-state index contributed by atoms with van der Waals surface area (Å²) in [4.78, 5) is 0. The Morgan fingerprint density at radius 1 is 1.18 bits per heavy atom. The van der Waals surface area contributed by atoms with Gasteiger partial charge in [-0.3, -0.25) is 0 Å². The van der Waals surface area contributed by atoms with E-state index in [1.165, 1.54) is 29.5 Å². The van der Waals surface area contributed by atoms with Crippen LogP contribution in [0.2, 0.25) is 0 Å². The van der Waals surface area contributed by atoms with Gasteiger partial charge in [-0.25, -0.2) is 0 Å². The van der Waals surface area contributed by atoms with Crippen LogP contribution in [0.4, 0.5) is 0 Å². The number of benzene rings is 1. The molecule has 1 rings (SSSR count). The van der Waals surface area contributed by atoms with Crippen molar-refractivity contribution >= 4 is 0 Å². The van der Waals surface area contributed by atoms with Gasteiger partial charge in [0.05, 0.1) is 0 Å². The zero-order chi connectivity index (χ0) is 12.8. The molecule has 17 heavy (non-hydrogen) atoms. The maximum Gasteiger partial charge on any atom is -0.0209 e. The zero-order valence-corrected chi connectivity index (χ0v) is 11.8. The molecule has 0 N–H and O–H groups in total. The molecule has 0 heteroatoms. The molecule has 0 saturated carbocycles. The second kappa shape index (κ2) is 6.64. The molecule has 0 saturated heterocycles. The lowest BCUT2D eigenvalue weighted by molar-refractivity contribution is 0.405. The molecule has 0 aromatic heterocycles. The van der Waals surface area contributed by atoms with Crippen LogP contribution < -0.4 is 0 Å². The highest BCUT2D eigenvalue weighted by atomic mass is 14.2. The Balaban J connectivity index is 2.45. The van der Waals surface area contributed by atoms with Gasteiger partial charge in [0.25, 0.3) is 0 Å². The first-order valence-electron chi connectivity index (χ1n) is 6.77. The van der Waals surface area contributed by atoms with Crippen LogP contribution in [0.15, 0.2) is 36.4 Å². The lowest BCUT2D eigenvalue weighted by Gasteiger charge is -2.21. The molecule has 0 fully saturated rings. The van der Waals surface area contributed by atoms with Gasteiger partial charge < -0.3 is 0 Å². The van der Waals surface area contributed by atoms with E-state index in [4.69, 9.17) is 0 Å². The number of hydrogen-bond donors (Lipinski definition) is 0. The molecule has 0 bridgehead atoms. The molecule has 94 valence electrons. The Morgan fingerprint density at radius 3 is 2.29 bits per heavy atom. The fourth-order valence-corrected chi connectivity index (χ4v) is 2.12. The number of hydrogen-bond acceptors (Lipinski definition) is 0. The molecule has 0 aliphatic heterocycles.